The zero-order valence-electron chi connectivity index (χ0n) is 13.8. The summed E-state index contributed by atoms with van der Waals surface area (Å²) in [6, 6.07) is 7.37. The first-order valence-electron chi connectivity index (χ1n) is 7.83. The van der Waals surface area contributed by atoms with E-state index >= 15 is 0 Å². The molecule has 1 amide bonds. The molecule has 0 atom stereocenters. The van der Waals surface area contributed by atoms with Gasteiger partial charge < -0.3 is 15.4 Å². The number of aryl methyl sites for hydroxylation is 1. The number of hydrogen-bond acceptors (Lipinski definition) is 5. The summed E-state index contributed by atoms with van der Waals surface area (Å²) < 4.78 is 5.41. The smallest absolute Gasteiger partial charge is 0.263 e. The van der Waals surface area contributed by atoms with Gasteiger partial charge in [-0.25, -0.2) is 4.98 Å². The molecular formula is C17H24N4O2. The second kappa shape index (κ2) is 11.2. The summed E-state index contributed by atoms with van der Waals surface area (Å²) >= 11 is 0. The molecular weight excluding hydrogens is 292 g/mol. The molecule has 1 rings (SSSR count). The number of nitrogens with zero attached hydrogens (tertiary/aromatic N) is 2. The lowest BCUT2D eigenvalue weighted by molar-refractivity contribution is -0.117. The lowest BCUT2D eigenvalue weighted by atomic mass is 10.3. The molecule has 6 heteroatoms. The van der Waals surface area contributed by atoms with Gasteiger partial charge in [0.05, 0.1) is 0 Å². The van der Waals surface area contributed by atoms with Crippen molar-refractivity contribution in [2.75, 3.05) is 25.1 Å². The number of hydrogen-bond donors (Lipinski definition) is 2. The number of nitrogens with one attached hydrogen (secondary N) is 2. The highest BCUT2D eigenvalue weighted by Gasteiger charge is 2.07. The van der Waals surface area contributed by atoms with E-state index < -0.39 is 5.91 Å². The Hall–Kier alpha value is -2.39. The van der Waals surface area contributed by atoms with Gasteiger partial charge in [0.1, 0.15) is 17.5 Å². The third kappa shape index (κ3) is 7.98. The van der Waals surface area contributed by atoms with Gasteiger partial charge in [0.15, 0.2) is 0 Å². The zero-order valence-corrected chi connectivity index (χ0v) is 13.8. The van der Waals surface area contributed by atoms with E-state index in [0.717, 1.165) is 31.6 Å². The van der Waals surface area contributed by atoms with E-state index in [2.05, 4.69) is 22.5 Å². The highest BCUT2D eigenvalue weighted by Crippen LogP contribution is 2.04. The van der Waals surface area contributed by atoms with Gasteiger partial charge in [-0.1, -0.05) is 19.4 Å². The minimum Gasteiger partial charge on any atom is -0.381 e. The van der Waals surface area contributed by atoms with Gasteiger partial charge in [-0.05, 0) is 31.9 Å². The van der Waals surface area contributed by atoms with Crippen LogP contribution in [0.3, 0.4) is 0 Å². The van der Waals surface area contributed by atoms with Crippen LogP contribution in [0.1, 0.15) is 31.9 Å². The van der Waals surface area contributed by atoms with Crippen molar-refractivity contribution in [1.29, 1.82) is 5.26 Å². The molecule has 23 heavy (non-hydrogen) atoms. The average Bonchev–Trinajstić information content (AvgIpc) is 2.54. The van der Waals surface area contributed by atoms with Crippen LogP contribution in [0.5, 0.6) is 0 Å². The highest BCUT2D eigenvalue weighted by atomic mass is 16.5. The van der Waals surface area contributed by atoms with Crippen molar-refractivity contribution in [2.24, 2.45) is 0 Å². The lowest BCUT2D eigenvalue weighted by Crippen LogP contribution is -2.26. The van der Waals surface area contributed by atoms with E-state index in [1.54, 1.807) is 6.07 Å². The summed E-state index contributed by atoms with van der Waals surface area (Å²) in [5.41, 5.74) is 0.870. The Kier molecular flexibility index (Phi) is 9.10. The molecule has 0 unspecified atom stereocenters. The first kappa shape index (κ1) is 18.7. The number of amides is 1. The van der Waals surface area contributed by atoms with Gasteiger partial charge in [0, 0.05) is 31.7 Å². The predicted octanol–water partition coefficient (Wildman–Crippen LogP) is 2.53. The number of nitriles is 1. The molecule has 0 spiro atoms. The molecule has 1 aromatic rings. The Morgan fingerprint density at radius 3 is 2.87 bits per heavy atom. The summed E-state index contributed by atoms with van der Waals surface area (Å²) in [4.78, 5) is 16.1. The van der Waals surface area contributed by atoms with Crippen molar-refractivity contribution in [3.8, 4) is 6.07 Å². The van der Waals surface area contributed by atoms with Gasteiger partial charge in [-0.15, -0.1) is 0 Å². The van der Waals surface area contributed by atoms with E-state index in [1.165, 1.54) is 6.20 Å². The van der Waals surface area contributed by atoms with Crippen LogP contribution in [0.15, 0.2) is 30.0 Å². The summed E-state index contributed by atoms with van der Waals surface area (Å²) in [7, 11) is 0. The fourth-order valence-electron chi connectivity index (χ4n) is 1.74. The molecule has 1 aromatic heterocycles. The predicted molar refractivity (Wildman–Crippen MR) is 89.6 cm³/mol. The van der Waals surface area contributed by atoms with Crippen molar-refractivity contribution in [1.82, 2.24) is 10.3 Å². The molecule has 6 nitrogen and oxygen atoms in total. The molecule has 0 saturated carbocycles. The van der Waals surface area contributed by atoms with Crippen LogP contribution in [0.2, 0.25) is 0 Å². The number of anilines is 1. The largest absolute Gasteiger partial charge is 0.381 e. The molecule has 0 saturated heterocycles. The first-order chi connectivity index (χ1) is 11.2. The van der Waals surface area contributed by atoms with Crippen LogP contribution in [-0.2, 0) is 9.53 Å². The molecule has 0 aliphatic rings. The lowest BCUT2D eigenvalue weighted by Gasteiger charge is -2.06. The van der Waals surface area contributed by atoms with Crippen molar-refractivity contribution in [3.05, 3.63) is 35.7 Å². The second-order valence-corrected chi connectivity index (χ2v) is 5.05. The standard InChI is InChI=1S/C17H24N4O2/c1-3-4-10-23-11-6-9-19-17(22)15(12-18)13-20-16-8-5-7-14(2)21-16/h5,7-8,13H,3-4,6,9-11H2,1-2H3,(H,19,22)(H,20,21)/b15-13-. The molecule has 124 valence electrons. The number of ether oxygens (including phenoxy) is 1. The van der Waals surface area contributed by atoms with Crippen molar-refractivity contribution in [3.63, 3.8) is 0 Å². The molecule has 0 radical (unpaired) electrons. The minimum absolute atomic E-state index is 0.0141. The summed E-state index contributed by atoms with van der Waals surface area (Å²) in [5.74, 6) is 0.191. The first-order valence-corrected chi connectivity index (χ1v) is 7.83. The molecule has 0 aromatic carbocycles. The van der Waals surface area contributed by atoms with E-state index in [-0.39, 0.29) is 5.57 Å². The monoisotopic (exact) mass is 316 g/mol. The summed E-state index contributed by atoms with van der Waals surface area (Å²) in [6.07, 6.45) is 4.25. The van der Waals surface area contributed by atoms with Gasteiger partial charge in [-0.2, -0.15) is 5.26 Å². The van der Waals surface area contributed by atoms with Crippen LogP contribution < -0.4 is 10.6 Å². The SMILES string of the molecule is CCCCOCCCNC(=O)/C(C#N)=C\Nc1cccc(C)n1. The number of carbonyl (C=O) groups is 1. The fourth-order valence-corrected chi connectivity index (χ4v) is 1.74. The Morgan fingerprint density at radius 2 is 2.17 bits per heavy atom. The van der Waals surface area contributed by atoms with E-state index in [9.17, 15) is 4.79 Å². The fraction of sp³-hybridized carbons (Fsp3) is 0.471. The van der Waals surface area contributed by atoms with Crippen LogP contribution in [0, 0.1) is 18.3 Å². The second-order valence-electron chi connectivity index (χ2n) is 5.05. The number of unbranched alkanes of at least 4 members (excludes halogenated alkanes) is 1. The van der Waals surface area contributed by atoms with E-state index in [0.29, 0.717) is 19.0 Å². The quantitative estimate of drug-likeness (QED) is 0.393. The van der Waals surface area contributed by atoms with E-state index in [4.69, 9.17) is 10.00 Å². The van der Waals surface area contributed by atoms with Gasteiger partial charge in [-0.3, -0.25) is 4.79 Å². The average molecular weight is 316 g/mol. The maximum absolute atomic E-state index is 11.9. The number of rotatable bonds is 10. The van der Waals surface area contributed by atoms with Gasteiger partial charge >= 0.3 is 0 Å². The van der Waals surface area contributed by atoms with Gasteiger partial charge in [0.25, 0.3) is 5.91 Å². The van der Waals surface area contributed by atoms with Crippen LogP contribution in [-0.4, -0.2) is 30.6 Å². The summed E-state index contributed by atoms with van der Waals surface area (Å²) in [6.45, 7) is 5.82. The maximum atomic E-state index is 11.9. The minimum atomic E-state index is -0.402. The Labute approximate surface area is 137 Å². The van der Waals surface area contributed by atoms with Gasteiger partial charge in [0.2, 0.25) is 0 Å². The van der Waals surface area contributed by atoms with Crippen molar-refractivity contribution < 1.29 is 9.53 Å². The van der Waals surface area contributed by atoms with Crippen molar-refractivity contribution in [2.45, 2.75) is 33.1 Å². The third-order valence-electron chi connectivity index (χ3n) is 3.01. The van der Waals surface area contributed by atoms with Crippen molar-refractivity contribution >= 4 is 11.7 Å². The zero-order chi connectivity index (χ0) is 16.9. The molecule has 0 bridgehead atoms. The topological polar surface area (TPSA) is 87.0 Å². The Balaban J connectivity index is 2.34. The number of pyridine rings is 1. The molecule has 0 aliphatic heterocycles. The highest BCUT2D eigenvalue weighted by molar-refractivity contribution is 5.97. The summed E-state index contributed by atoms with van der Waals surface area (Å²) in [5, 5.41) is 14.6. The van der Waals surface area contributed by atoms with Crippen LogP contribution >= 0.6 is 0 Å². The normalized spacial score (nSPS) is 10.9. The third-order valence-corrected chi connectivity index (χ3v) is 3.01. The molecule has 2 N–H and O–H groups in total. The number of aromatic nitrogens is 1. The molecule has 0 fully saturated rings. The van der Waals surface area contributed by atoms with E-state index in [1.807, 2.05) is 25.1 Å². The Morgan fingerprint density at radius 1 is 1.39 bits per heavy atom. The van der Waals surface area contributed by atoms with Crippen LogP contribution in [0.4, 0.5) is 5.82 Å². The van der Waals surface area contributed by atoms with Crippen LogP contribution in [0.25, 0.3) is 0 Å². The molecule has 0 aliphatic carbocycles. The molecule has 1 heterocycles. The number of carbonyl (C=O) groups excluding carboxylic acids is 1. The Bertz CT molecular complexity index is 564. The maximum Gasteiger partial charge on any atom is 0.263 e.